The van der Waals surface area contributed by atoms with Crippen molar-refractivity contribution in [2.75, 3.05) is 0 Å². The highest BCUT2D eigenvalue weighted by atomic mass is 32.1. The maximum atomic E-state index is 13.5. The van der Waals surface area contributed by atoms with Crippen molar-refractivity contribution >= 4 is 22.5 Å². The minimum absolute atomic E-state index is 0.0577. The van der Waals surface area contributed by atoms with Crippen molar-refractivity contribution in [1.82, 2.24) is 0 Å². The summed E-state index contributed by atoms with van der Waals surface area (Å²) in [5, 5.41) is 20.0. The van der Waals surface area contributed by atoms with Crippen LogP contribution < -0.4 is 0 Å². The molecule has 0 atom stereocenters. The molecule has 8 heteroatoms. The highest BCUT2D eigenvalue weighted by Crippen LogP contribution is 2.62. The Morgan fingerprint density at radius 3 is 1.59 bits per heavy atom. The van der Waals surface area contributed by atoms with Crippen LogP contribution in [0.25, 0.3) is 65.3 Å². The summed E-state index contributed by atoms with van der Waals surface area (Å²) in [5.41, 5.74) is 8.29. The topological polar surface area (TPSA) is 56.3 Å². The van der Waals surface area contributed by atoms with Crippen molar-refractivity contribution in [2.24, 2.45) is 0 Å². The van der Waals surface area contributed by atoms with Crippen molar-refractivity contribution < 1.29 is 13.2 Å². The molecule has 0 saturated carbocycles. The predicted molar refractivity (Wildman–Crippen MR) is 172 cm³/mol. The van der Waals surface area contributed by atoms with Gasteiger partial charge in [0.1, 0.15) is 0 Å². The van der Waals surface area contributed by atoms with E-state index in [2.05, 4.69) is 21.8 Å². The van der Waals surface area contributed by atoms with Gasteiger partial charge < -0.3 is 0 Å². The van der Waals surface area contributed by atoms with E-state index < -0.39 is 11.7 Å². The summed E-state index contributed by atoms with van der Waals surface area (Å²) < 4.78 is 40.5. The third kappa shape index (κ3) is 4.25. The van der Waals surface area contributed by atoms with Gasteiger partial charge in [0.05, 0.1) is 30.8 Å². The second-order valence-corrected chi connectivity index (χ2v) is 11.9. The van der Waals surface area contributed by atoms with E-state index in [1.165, 1.54) is 17.4 Å². The van der Waals surface area contributed by atoms with Gasteiger partial charge in [0.25, 0.3) is 11.4 Å². The molecule has 2 aliphatic rings. The minimum Gasteiger partial charge on any atom is -0.226 e. The summed E-state index contributed by atoms with van der Waals surface area (Å²) in [6, 6.07) is 28.4. The second kappa shape index (κ2) is 10.5. The van der Waals surface area contributed by atoms with Crippen molar-refractivity contribution in [1.29, 1.82) is 10.5 Å². The molecule has 46 heavy (non-hydrogen) atoms. The average molecular weight is 619 g/mol. The Labute approximate surface area is 266 Å². The van der Waals surface area contributed by atoms with Gasteiger partial charge in [-0.3, -0.25) is 0 Å². The number of hydrogen-bond donors (Lipinski definition) is 0. The summed E-state index contributed by atoms with van der Waals surface area (Å²) in [6.45, 7) is 17.6. The lowest BCUT2D eigenvalue weighted by Crippen LogP contribution is -2.04. The number of thiophene rings is 1. The third-order valence-corrected chi connectivity index (χ3v) is 9.49. The van der Waals surface area contributed by atoms with Gasteiger partial charge in [-0.05, 0) is 75.7 Å². The molecule has 2 aliphatic carbocycles. The number of hydrogen-bond acceptors (Lipinski definition) is 3. The zero-order chi connectivity index (χ0) is 32.3. The summed E-state index contributed by atoms with van der Waals surface area (Å²) in [4.78, 5) is 8.45. The minimum atomic E-state index is -4.51. The van der Waals surface area contributed by atoms with Gasteiger partial charge in [0, 0.05) is 32.0 Å². The van der Waals surface area contributed by atoms with E-state index in [0.29, 0.717) is 37.6 Å². The molecule has 0 bridgehead atoms. The lowest BCUT2D eigenvalue weighted by atomic mass is 9.94. The standard InChI is InChI=1S/C38H17F3N4S/c1-20-6-4-7-21(14-20)23-10-12-26-28(16-23)32(30(18-42)44-2)36-34(26)35-27-13-11-24(22-8-5-9-25(15-22)38(39,40)41)17-29(27)33(37(35)46-36)31(19-43)45-3/h4-17H,1H3/b32-30+,33-31-. The van der Waals surface area contributed by atoms with Crippen molar-refractivity contribution in [3.05, 3.63) is 151 Å². The number of nitriles is 2. The first-order chi connectivity index (χ1) is 22.2. The van der Waals surface area contributed by atoms with Gasteiger partial charge in [-0.25, -0.2) is 20.2 Å². The molecule has 5 aromatic rings. The molecule has 0 amide bonds. The normalized spacial score (nSPS) is 14.5. The molecule has 4 aromatic carbocycles. The van der Waals surface area contributed by atoms with E-state index in [4.69, 9.17) is 13.1 Å². The second-order valence-electron chi connectivity index (χ2n) is 10.9. The monoisotopic (exact) mass is 618 g/mol. The Morgan fingerprint density at radius 2 is 1.13 bits per heavy atom. The highest BCUT2D eigenvalue weighted by Gasteiger charge is 2.39. The number of aryl methyl sites for hydroxylation is 1. The third-order valence-electron chi connectivity index (χ3n) is 8.26. The Morgan fingerprint density at radius 1 is 0.652 bits per heavy atom. The van der Waals surface area contributed by atoms with Crippen LogP contribution in [-0.4, -0.2) is 0 Å². The number of benzene rings is 4. The summed E-state index contributed by atoms with van der Waals surface area (Å²) >= 11 is 1.32. The fourth-order valence-electron chi connectivity index (χ4n) is 6.28. The van der Waals surface area contributed by atoms with Crippen molar-refractivity contribution in [3.8, 4) is 56.6 Å². The Bertz CT molecular complexity index is 2380. The number of alkyl halides is 3. The molecule has 0 fully saturated rings. The molecule has 0 saturated heterocycles. The van der Waals surface area contributed by atoms with Gasteiger partial charge in [0.2, 0.25) is 0 Å². The molecule has 1 aromatic heterocycles. The molecule has 7 rings (SSSR count). The first kappa shape index (κ1) is 28.6. The fraction of sp³-hybridized carbons (Fsp3) is 0.0526. The van der Waals surface area contributed by atoms with Crippen molar-refractivity contribution in [2.45, 2.75) is 13.1 Å². The molecular formula is C38H17F3N4S. The first-order valence-corrected chi connectivity index (χ1v) is 14.8. The number of allylic oxidation sites excluding steroid dienone is 2. The summed E-state index contributed by atoms with van der Waals surface area (Å²) in [7, 11) is 0. The molecule has 0 radical (unpaired) electrons. The number of rotatable bonds is 2. The van der Waals surface area contributed by atoms with Gasteiger partial charge in [-0.1, -0.05) is 66.2 Å². The van der Waals surface area contributed by atoms with Crippen LogP contribution in [-0.2, 0) is 6.18 Å². The maximum absolute atomic E-state index is 13.5. The molecule has 0 aliphatic heterocycles. The van der Waals surface area contributed by atoms with Gasteiger partial charge in [0.15, 0.2) is 0 Å². The van der Waals surface area contributed by atoms with E-state index >= 15 is 0 Å². The predicted octanol–water partition coefficient (Wildman–Crippen LogP) is 10.8. The maximum Gasteiger partial charge on any atom is 0.416 e. The lowest BCUT2D eigenvalue weighted by molar-refractivity contribution is -0.137. The van der Waals surface area contributed by atoms with E-state index in [9.17, 15) is 23.7 Å². The van der Waals surface area contributed by atoms with Gasteiger partial charge >= 0.3 is 6.18 Å². The van der Waals surface area contributed by atoms with Crippen LogP contribution in [0.2, 0.25) is 0 Å². The van der Waals surface area contributed by atoms with Crippen LogP contribution in [0.1, 0.15) is 32.0 Å². The number of nitrogens with zero attached hydrogens (tertiary/aromatic N) is 4. The summed E-state index contributed by atoms with van der Waals surface area (Å²) in [6.07, 6.45) is -4.51. The molecular weight excluding hydrogens is 602 g/mol. The molecule has 0 N–H and O–H groups in total. The van der Waals surface area contributed by atoms with Crippen LogP contribution in [0.5, 0.6) is 0 Å². The van der Waals surface area contributed by atoms with Crippen LogP contribution in [0, 0.1) is 42.7 Å². The van der Waals surface area contributed by atoms with Gasteiger partial charge in [-0.15, -0.1) is 11.3 Å². The molecule has 0 unspecified atom stereocenters. The molecule has 1 heterocycles. The number of fused-ring (bicyclic) bond motifs is 7. The van der Waals surface area contributed by atoms with E-state index in [1.54, 1.807) is 18.2 Å². The lowest BCUT2D eigenvalue weighted by Gasteiger charge is -2.11. The quantitative estimate of drug-likeness (QED) is 0.143. The number of halogens is 3. The molecule has 216 valence electrons. The Kier molecular flexibility index (Phi) is 6.50. The Balaban J connectivity index is 1.50. The molecule has 4 nitrogen and oxygen atoms in total. The van der Waals surface area contributed by atoms with Gasteiger partial charge in [-0.2, -0.15) is 13.2 Å². The SMILES string of the molecule is [C-]#[N+]/C(C#N)=C1/c2cc(-c3cccc(C(F)(F)F)c3)ccc2-c2c1sc1c2-c2ccc(-c3cccc(C)c3)cc2/C1=C(/C#N)[N+]#[C-]. The highest BCUT2D eigenvalue weighted by molar-refractivity contribution is 7.16. The van der Waals surface area contributed by atoms with Crippen LogP contribution in [0.3, 0.4) is 0 Å². The zero-order valence-electron chi connectivity index (χ0n) is 23.9. The van der Waals surface area contributed by atoms with E-state index in [-0.39, 0.29) is 11.4 Å². The van der Waals surface area contributed by atoms with E-state index in [1.807, 2.05) is 55.5 Å². The fourth-order valence-corrected chi connectivity index (χ4v) is 7.73. The largest absolute Gasteiger partial charge is 0.416 e. The summed E-state index contributed by atoms with van der Waals surface area (Å²) in [5.74, 6) is 0. The smallest absolute Gasteiger partial charge is 0.226 e. The van der Waals surface area contributed by atoms with Crippen LogP contribution in [0.4, 0.5) is 13.2 Å². The zero-order valence-corrected chi connectivity index (χ0v) is 24.7. The van der Waals surface area contributed by atoms with E-state index in [0.717, 1.165) is 56.6 Å². The molecule has 0 spiro atoms. The van der Waals surface area contributed by atoms with Crippen LogP contribution in [0.15, 0.2) is 96.3 Å². The average Bonchev–Trinajstić information content (AvgIpc) is 3.68. The van der Waals surface area contributed by atoms with Crippen LogP contribution >= 0.6 is 11.3 Å². The Hall–Kier alpha value is -6.19. The van der Waals surface area contributed by atoms with Crippen molar-refractivity contribution in [3.63, 3.8) is 0 Å². The first-order valence-electron chi connectivity index (χ1n) is 13.9.